The maximum atomic E-state index is 13.6. The maximum absolute atomic E-state index is 13.6. The zero-order chi connectivity index (χ0) is 18.2. The third-order valence-corrected chi connectivity index (χ3v) is 4.40. The molecule has 0 spiro atoms. The molecule has 0 saturated heterocycles. The lowest BCUT2D eigenvalue weighted by Gasteiger charge is -2.13. The molecular weight excluding hydrogens is 351 g/mol. The van der Waals surface area contributed by atoms with Crippen molar-refractivity contribution in [1.82, 2.24) is 0 Å². The zero-order valence-electron chi connectivity index (χ0n) is 12.0. The van der Waals surface area contributed by atoms with Crippen molar-refractivity contribution >= 4 is 21.7 Å². The number of phenols is 1. The van der Waals surface area contributed by atoms with Crippen LogP contribution in [0.5, 0.6) is 5.75 Å². The van der Waals surface area contributed by atoms with Gasteiger partial charge in [0, 0.05) is 0 Å². The van der Waals surface area contributed by atoms with Gasteiger partial charge in [0.15, 0.2) is 23.2 Å². The van der Waals surface area contributed by atoms with Gasteiger partial charge in [0.2, 0.25) is 0 Å². The van der Waals surface area contributed by atoms with E-state index in [2.05, 4.69) is 0 Å². The van der Waals surface area contributed by atoms with E-state index in [0.29, 0.717) is 12.1 Å². The summed E-state index contributed by atoms with van der Waals surface area (Å²) in [4.78, 5) is 10.2. The summed E-state index contributed by atoms with van der Waals surface area (Å²) in [5.41, 5.74) is -1.39. The van der Waals surface area contributed by atoms with Crippen molar-refractivity contribution < 1.29 is 36.6 Å². The summed E-state index contributed by atoms with van der Waals surface area (Å²) in [5, 5.41) is 18.8. The highest BCUT2D eigenvalue weighted by atomic mass is 32.2. The van der Waals surface area contributed by atoms with Crippen LogP contribution in [-0.2, 0) is 10.0 Å². The summed E-state index contributed by atoms with van der Waals surface area (Å²) in [6, 6.07) is 3.14. The molecule has 0 aliphatic heterocycles. The minimum absolute atomic E-state index is 0.191. The monoisotopic (exact) mass is 361 g/mol. The summed E-state index contributed by atoms with van der Waals surface area (Å²) in [7, 11) is -4.67. The number of hydrogen-bond acceptors (Lipinski definition) is 4. The maximum Gasteiger partial charge on any atom is 0.339 e. The number of carboxylic acids is 1. The number of aromatic carboxylic acids is 1. The molecule has 3 N–H and O–H groups in total. The molecule has 10 heteroatoms. The van der Waals surface area contributed by atoms with E-state index in [-0.39, 0.29) is 5.56 Å². The number of aryl methyl sites for hydroxylation is 1. The molecule has 0 aliphatic carbocycles. The second kappa shape index (κ2) is 6.04. The van der Waals surface area contributed by atoms with E-state index in [1.165, 1.54) is 6.92 Å². The van der Waals surface area contributed by atoms with E-state index >= 15 is 0 Å². The molecule has 0 aliphatic rings. The molecule has 0 amide bonds. The van der Waals surface area contributed by atoms with Crippen molar-refractivity contribution in [2.24, 2.45) is 0 Å². The molecule has 0 saturated carbocycles. The number of aromatic hydroxyl groups is 1. The highest BCUT2D eigenvalue weighted by Crippen LogP contribution is 2.31. The summed E-state index contributed by atoms with van der Waals surface area (Å²) < 4.78 is 65.8. The Kier molecular flexibility index (Phi) is 4.43. The van der Waals surface area contributed by atoms with E-state index in [1.807, 2.05) is 0 Å². The Morgan fingerprint density at radius 1 is 1.12 bits per heavy atom. The molecule has 0 unspecified atom stereocenters. The van der Waals surface area contributed by atoms with E-state index in [9.17, 15) is 31.5 Å². The number of sulfonamides is 1. The molecule has 0 bridgehead atoms. The van der Waals surface area contributed by atoms with Gasteiger partial charge in [-0.3, -0.25) is 4.72 Å². The number of carboxylic acid groups (broad SMARTS) is 1. The second-order valence-electron chi connectivity index (χ2n) is 4.79. The third-order valence-electron chi connectivity index (χ3n) is 3.02. The van der Waals surface area contributed by atoms with Gasteiger partial charge >= 0.3 is 5.97 Å². The third kappa shape index (κ3) is 3.13. The van der Waals surface area contributed by atoms with Gasteiger partial charge in [0.25, 0.3) is 10.0 Å². The molecule has 2 aromatic carbocycles. The fourth-order valence-electron chi connectivity index (χ4n) is 1.92. The quantitative estimate of drug-likeness (QED) is 0.727. The molecule has 0 fully saturated rings. The lowest BCUT2D eigenvalue weighted by atomic mass is 10.1. The van der Waals surface area contributed by atoms with Crippen LogP contribution < -0.4 is 4.72 Å². The first-order chi connectivity index (χ1) is 11.0. The van der Waals surface area contributed by atoms with Crippen LogP contribution in [0.15, 0.2) is 29.2 Å². The SMILES string of the molecule is Cc1cc(C(=O)O)c(O)c(S(=O)(=O)Nc2ccc(F)c(F)c2F)c1. The number of halogens is 3. The van der Waals surface area contributed by atoms with Crippen LogP contribution in [0, 0.1) is 24.4 Å². The summed E-state index contributed by atoms with van der Waals surface area (Å²) in [6.07, 6.45) is 0. The molecule has 128 valence electrons. The first-order valence-corrected chi connectivity index (χ1v) is 7.76. The molecule has 0 atom stereocenters. The fourth-order valence-corrected chi connectivity index (χ4v) is 3.18. The number of benzene rings is 2. The Labute approximate surface area is 134 Å². The van der Waals surface area contributed by atoms with Crippen molar-refractivity contribution in [2.75, 3.05) is 4.72 Å². The predicted octanol–water partition coefficient (Wildman–Crippen LogP) is 2.62. The van der Waals surface area contributed by atoms with Gasteiger partial charge in [-0.1, -0.05) is 0 Å². The summed E-state index contributed by atoms with van der Waals surface area (Å²) in [5.74, 6) is -7.81. The van der Waals surface area contributed by atoms with Crippen LogP contribution in [-0.4, -0.2) is 24.6 Å². The van der Waals surface area contributed by atoms with Gasteiger partial charge in [-0.2, -0.15) is 0 Å². The Morgan fingerprint density at radius 3 is 2.33 bits per heavy atom. The first kappa shape index (κ1) is 17.6. The number of nitrogens with one attached hydrogen (secondary N) is 1. The molecule has 0 heterocycles. The molecule has 0 aromatic heterocycles. The molecule has 6 nitrogen and oxygen atoms in total. The van der Waals surface area contributed by atoms with Crippen molar-refractivity contribution in [3.05, 3.63) is 52.8 Å². The van der Waals surface area contributed by atoms with Crippen LogP contribution in [0.1, 0.15) is 15.9 Å². The van der Waals surface area contributed by atoms with Crippen LogP contribution in [0.2, 0.25) is 0 Å². The van der Waals surface area contributed by atoms with Crippen LogP contribution >= 0.6 is 0 Å². The minimum atomic E-state index is -4.67. The van der Waals surface area contributed by atoms with Crippen molar-refractivity contribution in [2.45, 2.75) is 11.8 Å². The second-order valence-corrected chi connectivity index (χ2v) is 6.44. The van der Waals surface area contributed by atoms with Crippen LogP contribution in [0.25, 0.3) is 0 Å². The molecule has 2 rings (SSSR count). The number of rotatable bonds is 4. The number of carbonyl (C=O) groups is 1. The highest BCUT2D eigenvalue weighted by Gasteiger charge is 2.26. The predicted molar refractivity (Wildman–Crippen MR) is 76.9 cm³/mol. The lowest BCUT2D eigenvalue weighted by Crippen LogP contribution is -2.16. The summed E-state index contributed by atoms with van der Waals surface area (Å²) >= 11 is 0. The molecule has 2 aromatic rings. The van der Waals surface area contributed by atoms with Gasteiger partial charge in [0.05, 0.1) is 5.69 Å². The average Bonchev–Trinajstić information content (AvgIpc) is 2.49. The van der Waals surface area contributed by atoms with Gasteiger partial charge in [-0.25, -0.2) is 26.4 Å². The fraction of sp³-hybridized carbons (Fsp3) is 0.0714. The van der Waals surface area contributed by atoms with Gasteiger partial charge in [0.1, 0.15) is 10.5 Å². The van der Waals surface area contributed by atoms with Crippen LogP contribution in [0.3, 0.4) is 0 Å². The average molecular weight is 361 g/mol. The highest BCUT2D eigenvalue weighted by molar-refractivity contribution is 7.92. The Morgan fingerprint density at radius 2 is 1.75 bits per heavy atom. The minimum Gasteiger partial charge on any atom is -0.506 e. The van der Waals surface area contributed by atoms with E-state index in [0.717, 1.165) is 12.1 Å². The van der Waals surface area contributed by atoms with Crippen molar-refractivity contribution in [3.8, 4) is 5.75 Å². The van der Waals surface area contributed by atoms with Gasteiger partial charge < -0.3 is 10.2 Å². The Bertz CT molecular complexity index is 944. The van der Waals surface area contributed by atoms with E-state index in [4.69, 9.17) is 5.11 Å². The molecule has 24 heavy (non-hydrogen) atoms. The molecule has 0 radical (unpaired) electrons. The lowest BCUT2D eigenvalue weighted by molar-refractivity contribution is 0.0693. The number of anilines is 1. The normalized spacial score (nSPS) is 11.3. The Hall–Kier alpha value is -2.75. The largest absolute Gasteiger partial charge is 0.506 e. The summed E-state index contributed by atoms with van der Waals surface area (Å²) in [6.45, 7) is 1.38. The van der Waals surface area contributed by atoms with E-state index in [1.54, 1.807) is 4.72 Å². The number of hydrogen-bond donors (Lipinski definition) is 3. The van der Waals surface area contributed by atoms with Crippen molar-refractivity contribution in [1.29, 1.82) is 0 Å². The molecular formula is C14H10F3NO5S. The topological polar surface area (TPSA) is 104 Å². The zero-order valence-corrected chi connectivity index (χ0v) is 12.8. The van der Waals surface area contributed by atoms with Crippen LogP contribution in [0.4, 0.5) is 18.9 Å². The van der Waals surface area contributed by atoms with Gasteiger partial charge in [-0.15, -0.1) is 0 Å². The standard InChI is InChI=1S/C14H10F3NO5S/c1-6-4-7(14(20)21)13(19)10(5-6)24(22,23)18-9-3-2-8(15)11(16)12(9)17/h2-5,18-19H,1H3,(H,20,21). The van der Waals surface area contributed by atoms with E-state index < -0.39 is 55.3 Å². The van der Waals surface area contributed by atoms with Crippen molar-refractivity contribution in [3.63, 3.8) is 0 Å². The smallest absolute Gasteiger partial charge is 0.339 e. The Balaban J connectivity index is 2.57. The van der Waals surface area contributed by atoms with Gasteiger partial charge in [-0.05, 0) is 36.8 Å². The first-order valence-electron chi connectivity index (χ1n) is 6.28.